The largest absolute Gasteiger partial charge is 0.399 e. The molecule has 4 N–H and O–H groups in total. The van der Waals surface area contributed by atoms with Crippen molar-refractivity contribution in [3.63, 3.8) is 0 Å². The van der Waals surface area contributed by atoms with E-state index in [4.69, 9.17) is 11.5 Å². The Balaban J connectivity index is 2.19. The van der Waals surface area contributed by atoms with E-state index in [0.717, 1.165) is 22.4 Å². The van der Waals surface area contributed by atoms with E-state index in [-0.39, 0.29) is 0 Å². The van der Waals surface area contributed by atoms with E-state index in [1.54, 1.807) is 10.7 Å². The van der Waals surface area contributed by atoms with Gasteiger partial charge in [0.1, 0.15) is 0 Å². The summed E-state index contributed by atoms with van der Waals surface area (Å²) >= 11 is 0. The molecule has 2 aromatic carbocycles. The lowest BCUT2D eigenvalue weighted by Gasteiger charge is -2.09. The normalized spacial score (nSPS) is 10.8. The van der Waals surface area contributed by atoms with Crippen molar-refractivity contribution in [1.82, 2.24) is 20.2 Å². The fraction of sp³-hybridized carbons (Fsp3) is 0.133. The lowest BCUT2D eigenvalue weighted by atomic mass is 10.1. The monoisotopic (exact) mass is 280 g/mol. The second-order valence-electron chi connectivity index (χ2n) is 5.09. The van der Waals surface area contributed by atoms with Gasteiger partial charge in [0.25, 0.3) is 0 Å². The number of nitrogens with zero attached hydrogens (tertiary/aromatic N) is 4. The van der Waals surface area contributed by atoms with Crippen molar-refractivity contribution in [2.45, 2.75) is 13.8 Å². The number of aromatic nitrogens is 4. The molecule has 0 bridgehead atoms. The molecule has 0 radical (unpaired) electrons. The van der Waals surface area contributed by atoms with E-state index in [2.05, 4.69) is 21.6 Å². The number of nitrogens with two attached hydrogens (primary N) is 2. The quantitative estimate of drug-likeness (QED) is 0.701. The lowest BCUT2D eigenvalue weighted by Crippen LogP contribution is -2.03. The summed E-state index contributed by atoms with van der Waals surface area (Å²) in [5, 5.41) is 12.0. The van der Waals surface area contributed by atoms with Gasteiger partial charge >= 0.3 is 0 Å². The highest BCUT2D eigenvalue weighted by molar-refractivity contribution is 5.69. The highest BCUT2D eigenvalue weighted by atomic mass is 15.5. The standard InChI is InChI=1S/C15H16N6/c1-9-3-4-10(2)14(5-9)21-15(18-19-20-21)11-6-12(16)8-13(17)7-11/h3-8H,16-17H2,1-2H3. The molecule has 0 saturated heterocycles. The maximum Gasteiger partial charge on any atom is 0.187 e. The number of anilines is 2. The smallest absolute Gasteiger partial charge is 0.187 e. The van der Waals surface area contributed by atoms with Crippen molar-refractivity contribution in [3.05, 3.63) is 47.5 Å². The van der Waals surface area contributed by atoms with Crippen LogP contribution in [0, 0.1) is 13.8 Å². The summed E-state index contributed by atoms with van der Waals surface area (Å²) in [7, 11) is 0. The van der Waals surface area contributed by atoms with Crippen LogP contribution in [0.1, 0.15) is 11.1 Å². The van der Waals surface area contributed by atoms with Crippen LogP contribution in [0.4, 0.5) is 11.4 Å². The van der Waals surface area contributed by atoms with Crippen molar-refractivity contribution in [1.29, 1.82) is 0 Å². The third-order valence-electron chi connectivity index (χ3n) is 3.30. The van der Waals surface area contributed by atoms with Gasteiger partial charge in [-0.15, -0.1) is 5.10 Å². The predicted molar refractivity (Wildman–Crippen MR) is 82.9 cm³/mol. The van der Waals surface area contributed by atoms with Crippen LogP contribution < -0.4 is 11.5 Å². The Hall–Kier alpha value is -2.89. The van der Waals surface area contributed by atoms with Crippen LogP contribution in [0.5, 0.6) is 0 Å². The van der Waals surface area contributed by atoms with E-state index in [1.165, 1.54) is 0 Å². The SMILES string of the molecule is Cc1ccc(C)c(-n2nnnc2-c2cc(N)cc(N)c2)c1. The molecule has 106 valence electrons. The first kappa shape index (κ1) is 13.1. The number of aryl methyl sites for hydroxylation is 2. The van der Waals surface area contributed by atoms with Gasteiger partial charge in [-0.3, -0.25) is 0 Å². The minimum absolute atomic E-state index is 0.584. The predicted octanol–water partition coefficient (Wildman–Crippen LogP) is 2.11. The molecule has 6 nitrogen and oxygen atoms in total. The molecule has 3 aromatic rings. The Kier molecular flexibility index (Phi) is 3.06. The van der Waals surface area contributed by atoms with Crippen LogP contribution in [0.3, 0.4) is 0 Å². The van der Waals surface area contributed by atoms with Gasteiger partial charge in [-0.2, -0.15) is 4.68 Å². The Labute approximate surface area is 122 Å². The Morgan fingerprint density at radius 1 is 0.952 bits per heavy atom. The van der Waals surface area contributed by atoms with Gasteiger partial charge in [0.2, 0.25) is 0 Å². The van der Waals surface area contributed by atoms with Crippen LogP contribution in [-0.2, 0) is 0 Å². The van der Waals surface area contributed by atoms with E-state index in [9.17, 15) is 0 Å². The zero-order valence-corrected chi connectivity index (χ0v) is 11.9. The molecule has 0 aliphatic carbocycles. The Morgan fingerprint density at radius 3 is 2.38 bits per heavy atom. The highest BCUT2D eigenvalue weighted by Crippen LogP contribution is 2.25. The topological polar surface area (TPSA) is 95.6 Å². The molecule has 0 atom stereocenters. The van der Waals surface area contributed by atoms with Gasteiger partial charge in [0.15, 0.2) is 5.82 Å². The van der Waals surface area contributed by atoms with E-state index in [1.807, 2.05) is 38.1 Å². The Morgan fingerprint density at radius 2 is 1.67 bits per heavy atom. The molecule has 0 fully saturated rings. The summed E-state index contributed by atoms with van der Waals surface area (Å²) in [5.41, 5.74) is 16.8. The van der Waals surface area contributed by atoms with Crippen molar-refractivity contribution in [3.8, 4) is 17.1 Å². The number of nitrogen functional groups attached to an aromatic ring is 2. The zero-order valence-electron chi connectivity index (χ0n) is 11.9. The summed E-state index contributed by atoms with van der Waals surface area (Å²) in [5.74, 6) is 0.614. The summed E-state index contributed by atoms with van der Waals surface area (Å²) in [6.07, 6.45) is 0. The molecule has 3 rings (SSSR count). The first-order chi connectivity index (χ1) is 10.0. The van der Waals surface area contributed by atoms with Crippen LogP contribution in [0.2, 0.25) is 0 Å². The van der Waals surface area contributed by atoms with E-state index in [0.29, 0.717) is 17.2 Å². The fourth-order valence-electron chi connectivity index (χ4n) is 2.28. The Bertz CT molecular complexity index is 785. The van der Waals surface area contributed by atoms with Crippen LogP contribution >= 0.6 is 0 Å². The number of rotatable bonds is 2. The molecule has 0 spiro atoms. The molecule has 6 heteroatoms. The maximum absolute atomic E-state index is 5.85. The second kappa shape index (κ2) is 4.90. The zero-order chi connectivity index (χ0) is 15.0. The number of hydrogen-bond donors (Lipinski definition) is 2. The van der Waals surface area contributed by atoms with Crippen molar-refractivity contribution < 1.29 is 0 Å². The summed E-state index contributed by atoms with van der Waals surface area (Å²) < 4.78 is 1.70. The fourth-order valence-corrected chi connectivity index (χ4v) is 2.28. The molecule has 0 aliphatic heterocycles. The van der Waals surface area contributed by atoms with Crippen LogP contribution in [0.15, 0.2) is 36.4 Å². The number of tetrazole rings is 1. The minimum Gasteiger partial charge on any atom is -0.399 e. The average Bonchev–Trinajstić information content (AvgIpc) is 2.89. The molecule has 0 saturated carbocycles. The van der Waals surface area contributed by atoms with Crippen molar-refractivity contribution in [2.24, 2.45) is 0 Å². The second-order valence-corrected chi connectivity index (χ2v) is 5.09. The first-order valence-corrected chi connectivity index (χ1v) is 6.57. The van der Waals surface area contributed by atoms with Crippen LogP contribution in [-0.4, -0.2) is 20.2 Å². The number of benzene rings is 2. The van der Waals surface area contributed by atoms with Gasteiger partial charge in [-0.1, -0.05) is 12.1 Å². The van der Waals surface area contributed by atoms with Gasteiger partial charge in [0, 0.05) is 16.9 Å². The van der Waals surface area contributed by atoms with Crippen LogP contribution in [0.25, 0.3) is 17.1 Å². The minimum atomic E-state index is 0.584. The summed E-state index contributed by atoms with van der Waals surface area (Å²) in [6.45, 7) is 4.05. The third kappa shape index (κ3) is 2.43. The van der Waals surface area contributed by atoms with Gasteiger partial charge in [-0.25, -0.2) is 0 Å². The van der Waals surface area contributed by atoms with E-state index >= 15 is 0 Å². The van der Waals surface area contributed by atoms with Crippen molar-refractivity contribution >= 4 is 11.4 Å². The van der Waals surface area contributed by atoms with Gasteiger partial charge < -0.3 is 11.5 Å². The average molecular weight is 280 g/mol. The lowest BCUT2D eigenvalue weighted by molar-refractivity contribution is 0.787. The first-order valence-electron chi connectivity index (χ1n) is 6.57. The molecule has 1 heterocycles. The molecular formula is C15H16N6. The third-order valence-corrected chi connectivity index (χ3v) is 3.30. The molecule has 21 heavy (non-hydrogen) atoms. The molecule has 0 amide bonds. The highest BCUT2D eigenvalue weighted by Gasteiger charge is 2.13. The maximum atomic E-state index is 5.85. The molecular weight excluding hydrogens is 264 g/mol. The van der Waals surface area contributed by atoms with Crippen molar-refractivity contribution in [2.75, 3.05) is 11.5 Å². The summed E-state index contributed by atoms with van der Waals surface area (Å²) in [4.78, 5) is 0. The molecule has 0 unspecified atom stereocenters. The van der Waals surface area contributed by atoms with Gasteiger partial charge in [-0.05, 0) is 59.7 Å². The number of hydrogen-bond acceptors (Lipinski definition) is 5. The molecule has 1 aromatic heterocycles. The van der Waals surface area contributed by atoms with Gasteiger partial charge in [0.05, 0.1) is 5.69 Å². The summed E-state index contributed by atoms with van der Waals surface area (Å²) in [6, 6.07) is 11.5. The van der Waals surface area contributed by atoms with E-state index < -0.39 is 0 Å². The molecule has 0 aliphatic rings.